The van der Waals surface area contributed by atoms with E-state index in [9.17, 15) is 13.2 Å². The smallest absolute Gasteiger partial charge is 0.398 e. The van der Waals surface area contributed by atoms with Gasteiger partial charge < -0.3 is 5.73 Å². The first-order valence-corrected chi connectivity index (χ1v) is 3.84. The summed E-state index contributed by atoms with van der Waals surface area (Å²) in [6, 6.07) is 3.14. The first-order chi connectivity index (χ1) is 6.45. The number of hydrogen-bond donors (Lipinski definition) is 3. The topological polar surface area (TPSA) is 64.1 Å². The summed E-state index contributed by atoms with van der Waals surface area (Å²) >= 11 is 0. The van der Waals surface area contributed by atoms with Gasteiger partial charge in [-0.05, 0) is 23.8 Å². The quantitative estimate of drug-likeness (QED) is 0.387. The molecule has 5 N–H and O–H groups in total. The average Bonchev–Trinajstić information content (AvgIpc) is 2.07. The third-order valence-electron chi connectivity index (χ3n) is 1.76. The van der Waals surface area contributed by atoms with Crippen molar-refractivity contribution in [2.75, 3.05) is 5.73 Å². The van der Waals surface area contributed by atoms with E-state index in [1.807, 2.05) is 0 Å². The Kier molecular flexibility index (Phi) is 2.97. The van der Waals surface area contributed by atoms with Gasteiger partial charge in [-0.1, -0.05) is 0 Å². The number of nitrogens with one attached hydrogen (secondary N) is 1. The van der Waals surface area contributed by atoms with E-state index in [4.69, 9.17) is 11.6 Å². The molecule has 0 spiro atoms. The Morgan fingerprint density at radius 2 is 1.93 bits per heavy atom. The Balaban J connectivity index is 3.06. The zero-order valence-electron chi connectivity index (χ0n) is 7.23. The number of hydrogen-bond acceptors (Lipinski definition) is 3. The van der Waals surface area contributed by atoms with Crippen LogP contribution < -0.4 is 17.0 Å². The summed E-state index contributed by atoms with van der Waals surface area (Å²) in [6.07, 6.45) is -4.35. The van der Waals surface area contributed by atoms with Crippen LogP contribution in [-0.2, 0) is 12.7 Å². The van der Waals surface area contributed by atoms with E-state index < -0.39 is 11.7 Å². The van der Waals surface area contributed by atoms with Crippen molar-refractivity contribution >= 4 is 5.69 Å². The molecule has 0 aromatic heterocycles. The predicted molar refractivity (Wildman–Crippen MR) is 46.9 cm³/mol. The van der Waals surface area contributed by atoms with Gasteiger partial charge >= 0.3 is 6.18 Å². The average molecular weight is 205 g/mol. The largest absolute Gasteiger partial charge is 0.416 e. The van der Waals surface area contributed by atoms with Crippen LogP contribution in [0.25, 0.3) is 0 Å². The Morgan fingerprint density at radius 1 is 1.29 bits per heavy atom. The molecule has 0 atom stereocenters. The summed E-state index contributed by atoms with van der Waals surface area (Å²) in [4.78, 5) is 0. The van der Waals surface area contributed by atoms with Gasteiger partial charge in [0, 0.05) is 12.2 Å². The van der Waals surface area contributed by atoms with Gasteiger partial charge in [0.15, 0.2) is 0 Å². The monoisotopic (exact) mass is 205 g/mol. The predicted octanol–water partition coefficient (Wildman–Crippen LogP) is 1.25. The number of nitrogen functional groups attached to an aromatic ring is 1. The summed E-state index contributed by atoms with van der Waals surface area (Å²) in [7, 11) is 0. The Bertz CT molecular complexity index is 322. The fraction of sp³-hybridized carbons (Fsp3) is 0.250. The molecule has 0 radical (unpaired) electrons. The first kappa shape index (κ1) is 10.8. The van der Waals surface area contributed by atoms with E-state index >= 15 is 0 Å². The molecular formula is C8H10F3N3. The lowest BCUT2D eigenvalue weighted by Crippen LogP contribution is -2.22. The highest BCUT2D eigenvalue weighted by molar-refractivity contribution is 5.49. The van der Waals surface area contributed by atoms with Crippen molar-refractivity contribution < 1.29 is 13.2 Å². The van der Waals surface area contributed by atoms with Crippen LogP contribution in [0.2, 0.25) is 0 Å². The summed E-state index contributed by atoms with van der Waals surface area (Å²) in [5.74, 6) is 5.00. The highest BCUT2D eigenvalue weighted by Gasteiger charge is 2.30. The van der Waals surface area contributed by atoms with Gasteiger partial charge in [-0.25, -0.2) is 0 Å². The van der Waals surface area contributed by atoms with Crippen molar-refractivity contribution in [3.05, 3.63) is 29.3 Å². The molecule has 14 heavy (non-hydrogen) atoms. The first-order valence-electron chi connectivity index (χ1n) is 3.84. The highest BCUT2D eigenvalue weighted by atomic mass is 19.4. The van der Waals surface area contributed by atoms with Crippen molar-refractivity contribution in [1.29, 1.82) is 0 Å². The van der Waals surface area contributed by atoms with E-state index in [0.29, 0.717) is 5.56 Å². The summed E-state index contributed by atoms with van der Waals surface area (Å²) in [5.41, 5.74) is 7.61. The van der Waals surface area contributed by atoms with E-state index in [0.717, 1.165) is 12.1 Å². The second kappa shape index (κ2) is 3.85. The van der Waals surface area contributed by atoms with Crippen LogP contribution in [0.1, 0.15) is 11.1 Å². The number of halogens is 3. The number of hydrazine groups is 1. The molecule has 0 bridgehead atoms. The van der Waals surface area contributed by atoms with Gasteiger partial charge in [-0.2, -0.15) is 13.2 Å². The third kappa shape index (κ3) is 2.36. The van der Waals surface area contributed by atoms with Gasteiger partial charge in [0.1, 0.15) is 0 Å². The van der Waals surface area contributed by atoms with Crippen LogP contribution in [0.3, 0.4) is 0 Å². The van der Waals surface area contributed by atoms with E-state index in [2.05, 4.69) is 5.43 Å². The normalized spacial score (nSPS) is 11.7. The Morgan fingerprint density at radius 3 is 2.43 bits per heavy atom. The Labute approximate surface area is 78.9 Å². The molecule has 1 aromatic rings. The molecule has 0 aliphatic carbocycles. The molecule has 0 saturated carbocycles. The molecule has 0 heterocycles. The zero-order chi connectivity index (χ0) is 10.8. The van der Waals surface area contributed by atoms with Crippen molar-refractivity contribution in [3.8, 4) is 0 Å². The van der Waals surface area contributed by atoms with Crippen molar-refractivity contribution in [1.82, 2.24) is 5.43 Å². The molecule has 0 aliphatic heterocycles. The molecule has 0 saturated heterocycles. The van der Waals surface area contributed by atoms with Gasteiger partial charge in [0.05, 0.1) is 5.56 Å². The van der Waals surface area contributed by atoms with Crippen LogP contribution in [0, 0.1) is 0 Å². The van der Waals surface area contributed by atoms with Crippen LogP contribution >= 0.6 is 0 Å². The number of benzene rings is 1. The molecule has 3 nitrogen and oxygen atoms in total. The SMILES string of the molecule is NNCc1cc(C(F)(F)F)ccc1N. The molecular weight excluding hydrogens is 195 g/mol. The summed E-state index contributed by atoms with van der Waals surface area (Å²) in [5, 5.41) is 0. The van der Waals surface area contributed by atoms with Crippen molar-refractivity contribution in [2.45, 2.75) is 12.7 Å². The van der Waals surface area contributed by atoms with Crippen LogP contribution in [0.15, 0.2) is 18.2 Å². The minimum atomic E-state index is -4.35. The molecule has 78 valence electrons. The van der Waals surface area contributed by atoms with E-state index in [-0.39, 0.29) is 12.2 Å². The second-order valence-electron chi connectivity index (χ2n) is 2.79. The van der Waals surface area contributed by atoms with Crippen molar-refractivity contribution in [2.24, 2.45) is 5.84 Å². The molecule has 0 amide bonds. The van der Waals surface area contributed by atoms with Crippen molar-refractivity contribution in [3.63, 3.8) is 0 Å². The van der Waals surface area contributed by atoms with Gasteiger partial charge in [-0.3, -0.25) is 11.3 Å². The molecule has 1 aromatic carbocycles. The lowest BCUT2D eigenvalue weighted by Gasteiger charge is -2.10. The summed E-state index contributed by atoms with van der Waals surface area (Å²) in [6.45, 7) is 0.107. The highest BCUT2D eigenvalue weighted by Crippen LogP contribution is 2.30. The van der Waals surface area contributed by atoms with Crippen LogP contribution in [0.5, 0.6) is 0 Å². The molecule has 1 rings (SSSR count). The molecule has 0 fully saturated rings. The second-order valence-corrected chi connectivity index (χ2v) is 2.79. The standard InChI is InChI=1S/C8H10F3N3/c9-8(10,11)6-1-2-7(12)5(3-6)4-14-13/h1-3,14H,4,12-13H2. The lowest BCUT2D eigenvalue weighted by atomic mass is 10.1. The van der Waals surface area contributed by atoms with Crippen LogP contribution in [-0.4, -0.2) is 0 Å². The minimum Gasteiger partial charge on any atom is -0.398 e. The number of rotatable bonds is 2. The van der Waals surface area contributed by atoms with Crippen LogP contribution in [0.4, 0.5) is 18.9 Å². The lowest BCUT2D eigenvalue weighted by molar-refractivity contribution is -0.137. The number of nitrogens with two attached hydrogens (primary N) is 2. The third-order valence-corrected chi connectivity index (χ3v) is 1.76. The fourth-order valence-corrected chi connectivity index (χ4v) is 1.05. The fourth-order valence-electron chi connectivity index (χ4n) is 1.05. The maximum absolute atomic E-state index is 12.2. The number of alkyl halides is 3. The number of anilines is 1. The molecule has 0 unspecified atom stereocenters. The van der Waals surface area contributed by atoms with Gasteiger partial charge in [-0.15, -0.1) is 0 Å². The van der Waals surface area contributed by atoms with E-state index in [1.165, 1.54) is 6.07 Å². The minimum absolute atomic E-state index is 0.107. The Hall–Kier alpha value is -1.27. The molecule has 0 aliphatic rings. The zero-order valence-corrected chi connectivity index (χ0v) is 7.23. The van der Waals surface area contributed by atoms with Gasteiger partial charge in [0.25, 0.3) is 0 Å². The van der Waals surface area contributed by atoms with Gasteiger partial charge in [0.2, 0.25) is 0 Å². The summed E-state index contributed by atoms with van der Waals surface area (Å²) < 4.78 is 36.7. The maximum atomic E-state index is 12.2. The maximum Gasteiger partial charge on any atom is 0.416 e. The van der Waals surface area contributed by atoms with E-state index in [1.54, 1.807) is 0 Å². The molecule has 6 heteroatoms.